The molecule has 1 fully saturated rings. The summed E-state index contributed by atoms with van der Waals surface area (Å²) >= 11 is 1.60. The van der Waals surface area contributed by atoms with Crippen LogP contribution in [-0.2, 0) is 11.3 Å². The summed E-state index contributed by atoms with van der Waals surface area (Å²) in [5.74, 6) is 0.785. The zero-order valence-corrected chi connectivity index (χ0v) is 14.8. The Morgan fingerprint density at radius 3 is 2.80 bits per heavy atom. The predicted molar refractivity (Wildman–Crippen MR) is 98.1 cm³/mol. The first kappa shape index (κ1) is 17.3. The van der Waals surface area contributed by atoms with Crippen molar-refractivity contribution >= 4 is 29.0 Å². The van der Waals surface area contributed by atoms with Crippen LogP contribution >= 0.6 is 11.3 Å². The number of benzene rings is 1. The zero-order valence-electron chi connectivity index (χ0n) is 14.0. The van der Waals surface area contributed by atoms with Crippen LogP contribution in [0.3, 0.4) is 0 Å². The topological polar surface area (TPSA) is 70.7 Å². The Balaban J connectivity index is 1.52. The van der Waals surface area contributed by atoms with Crippen LogP contribution in [-0.4, -0.2) is 31.1 Å². The van der Waals surface area contributed by atoms with Gasteiger partial charge in [-0.2, -0.15) is 0 Å². The Morgan fingerprint density at radius 1 is 1.32 bits per heavy atom. The molecule has 0 radical (unpaired) electrons. The van der Waals surface area contributed by atoms with Crippen molar-refractivity contribution in [3.63, 3.8) is 0 Å². The largest absolute Gasteiger partial charge is 0.494 e. The SMILES string of the molecule is CCOc1ccc(N2C[C@H](NC(=O)NCc3cccs3)CC2=O)cc1. The molecule has 2 aromatic rings. The number of carbonyl (C=O) groups is 2. The number of anilines is 1. The summed E-state index contributed by atoms with van der Waals surface area (Å²) in [5.41, 5.74) is 0.816. The lowest BCUT2D eigenvalue weighted by Gasteiger charge is -2.18. The molecular formula is C18H21N3O3S. The van der Waals surface area contributed by atoms with Crippen molar-refractivity contribution in [2.24, 2.45) is 0 Å². The highest BCUT2D eigenvalue weighted by atomic mass is 32.1. The summed E-state index contributed by atoms with van der Waals surface area (Å²) in [4.78, 5) is 27.0. The van der Waals surface area contributed by atoms with E-state index in [4.69, 9.17) is 4.74 Å². The summed E-state index contributed by atoms with van der Waals surface area (Å²) < 4.78 is 5.41. The Hall–Kier alpha value is -2.54. The minimum Gasteiger partial charge on any atom is -0.494 e. The number of nitrogens with zero attached hydrogens (tertiary/aromatic N) is 1. The minimum absolute atomic E-state index is 0.00715. The summed E-state index contributed by atoms with van der Waals surface area (Å²) in [6, 6.07) is 10.9. The second kappa shape index (κ2) is 8.02. The van der Waals surface area contributed by atoms with Gasteiger partial charge in [0.25, 0.3) is 0 Å². The minimum atomic E-state index is -0.250. The van der Waals surface area contributed by atoms with Gasteiger partial charge in [-0.25, -0.2) is 4.79 Å². The molecule has 3 rings (SSSR count). The Morgan fingerprint density at radius 2 is 2.12 bits per heavy atom. The van der Waals surface area contributed by atoms with E-state index in [9.17, 15) is 9.59 Å². The summed E-state index contributed by atoms with van der Waals surface area (Å²) in [5, 5.41) is 7.66. The molecule has 2 heterocycles. The van der Waals surface area contributed by atoms with Crippen LogP contribution < -0.4 is 20.3 Å². The molecular weight excluding hydrogens is 338 g/mol. The van der Waals surface area contributed by atoms with Gasteiger partial charge in [0.15, 0.2) is 0 Å². The third-order valence-electron chi connectivity index (χ3n) is 3.92. The molecule has 0 bridgehead atoms. The van der Waals surface area contributed by atoms with Gasteiger partial charge in [-0.1, -0.05) is 6.07 Å². The lowest BCUT2D eigenvalue weighted by Crippen LogP contribution is -2.43. The predicted octanol–water partition coefficient (Wildman–Crippen LogP) is 2.75. The van der Waals surface area contributed by atoms with E-state index in [-0.39, 0.29) is 18.0 Å². The molecule has 132 valence electrons. The van der Waals surface area contributed by atoms with Crippen LogP contribution in [0.5, 0.6) is 5.75 Å². The molecule has 25 heavy (non-hydrogen) atoms. The monoisotopic (exact) mass is 359 g/mol. The molecule has 2 N–H and O–H groups in total. The van der Waals surface area contributed by atoms with E-state index in [2.05, 4.69) is 10.6 Å². The molecule has 0 spiro atoms. The number of hydrogen-bond donors (Lipinski definition) is 2. The number of rotatable bonds is 6. The molecule has 1 saturated heterocycles. The Kier molecular flexibility index (Phi) is 5.55. The maximum Gasteiger partial charge on any atom is 0.315 e. The number of ether oxygens (including phenoxy) is 1. The van der Waals surface area contributed by atoms with Crippen molar-refractivity contribution in [3.05, 3.63) is 46.7 Å². The van der Waals surface area contributed by atoms with Gasteiger partial charge >= 0.3 is 6.03 Å². The van der Waals surface area contributed by atoms with Gasteiger partial charge in [-0.3, -0.25) is 4.79 Å². The molecule has 0 aliphatic carbocycles. The maximum absolute atomic E-state index is 12.2. The highest BCUT2D eigenvalue weighted by Gasteiger charge is 2.31. The summed E-state index contributed by atoms with van der Waals surface area (Å²) in [7, 11) is 0. The number of hydrogen-bond acceptors (Lipinski definition) is 4. The van der Waals surface area contributed by atoms with Crippen molar-refractivity contribution in [3.8, 4) is 5.75 Å². The third-order valence-corrected chi connectivity index (χ3v) is 4.80. The van der Waals surface area contributed by atoms with Gasteiger partial charge in [0, 0.05) is 23.5 Å². The van der Waals surface area contributed by atoms with Crippen LogP contribution in [0.1, 0.15) is 18.2 Å². The number of thiophene rings is 1. The molecule has 1 atom stereocenters. The normalized spacial score (nSPS) is 16.8. The first-order valence-electron chi connectivity index (χ1n) is 8.25. The van der Waals surface area contributed by atoms with Crippen LogP contribution in [0, 0.1) is 0 Å². The number of nitrogens with one attached hydrogen (secondary N) is 2. The number of amides is 3. The average Bonchev–Trinajstić information content (AvgIpc) is 3.24. The van der Waals surface area contributed by atoms with E-state index < -0.39 is 0 Å². The van der Waals surface area contributed by atoms with Crippen LogP contribution in [0.15, 0.2) is 41.8 Å². The third kappa shape index (κ3) is 4.51. The molecule has 3 amide bonds. The highest BCUT2D eigenvalue weighted by Crippen LogP contribution is 2.24. The van der Waals surface area contributed by atoms with Crippen molar-refractivity contribution in [1.29, 1.82) is 0 Å². The molecule has 6 nitrogen and oxygen atoms in total. The van der Waals surface area contributed by atoms with Crippen molar-refractivity contribution in [2.75, 3.05) is 18.1 Å². The molecule has 7 heteroatoms. The molecule has 0 saturated carbocycles. The lowest BCUT2D eigenvalue weighted by atomic mass is 10.2. The fraction of sp³-hybridized carbons (Fsp3) is 0.333. The second-order valence-corrected chi connectivity index (χ2v) is 6.77. The Labute approximate surface area is 150 Å². The smallest absolute Gasteiger partial charge is 0.315 e. The summed E-state index contributed by atoms with van der Waals surface area (Å²) in [6.45, 7) is 3.50. The van der Waals surface area contributed by atoms with Crippen molar-refractivity contribution in [1.82, 2.24) is 10.6 Å². The van der Waals surface area contributed by atoms with Crippen LogP contribution in [0.25, 0.3) is 0 Å². The van der Waals surface area contributed by atoms with Gasteiger partial charge in [0.1, 0.15) is 5.75 Å². The van der Waals surface area contributed by atoms with Gasteiger partial charge in [-0.15, -0.1) is 11.3 Å². The second-order valence-electron chi connectivity index (χ2n) is 5.74. The Bertz CT molecular complexity index is 716. The number of urea groups is 1. The summed E-state index contributed by atoms with van der Waals surface area (Å²) in [6.07, 6.45) is 0.305. The number of carbonyl (C=O) groups excluding carboxylic acids is 2. The van der Waals surface area contributed by atoms with Crippen LogP contribution in [0.4, 0.5) is 10.5 Å². The van der Waals surface area contributed by atoms with Crippen LogP contribution in [0.2, 0.25) is 0 Å². The van der Waals surface area contributed by atoms with E-state index in [1.165, 1.54) is 0 Å². The highest BCUT2D eigenvalue weighted by molar-refractivity contribution is 7.09. The molecule has 1 aromatic carbocycles. The van der Waals surface area contributed by atoms with E-state index in [0.29, 0.717) is 26.1 Å². The molecule has 1 aromatic heterocycles. The first-order valence-corrected chi connectivity index (χ1v) is 9.13. The van der Waals surface area contributed by atoms with E-state index in [0.717, 1.165) is 16.3 Å². The van der Waals surface area contributed by atoms with Crippen molar-refractivity contribution < 1.29 is 14.3 Å². The van der Waals surface area contributed by atoms with E-state index >= 15 is 0 Å². The quantitative estimate of drug-likeness (QED) is 0.833. The van der Waals surface area contributed by atoms with Gasteiger partial charge in [0.05, 0.1) is 19.2 Å². The fourth-order valence-electron chi connectivity index (χ4n) is 2.76. The molecule has 0 unspecified atom stereocenters. The maximum atomic E-state index is 12.2. The average molecular weight is 359 g/mol. The van der Waals surface area contributed by atoms with E-state index in [1.807, 2.05) is 48.7 Å². The van der Waals surface area contributed by atoms with Crippen molar-refractivity contribution in [2.45, 2.75) is 25.9 Å². The van der Waals surface area contributed by atoms with E-state index in [1.54, 1.807) is 16.2 Å². The first-order chi connectivity index (χ1) is 12.2. The van der Waals surface area contributed by atoms with Gasteiger partial charge < -0.3 is 20.3 Å². The van der Waals surface area contributed by atoms with Gasteiger partial charge in [-0.05, 0) is 42.6 Å². The van der Waals surface area contributed by atoms with Gasteiger partial charge in [0.2, 0.25) is 5.91 Å². The standard InChI is InChI=1S/C18H21N3O3S/c1-2-24-15-7-5-14(6-8-15)21-12-13(10-17(21)22)20-18(23)19-11-16-4-3-9-25-16/h3-9,13H,2,10-12H2,1H3,(H2,19,20,23)/t13-/m1/s1. The lowest BCUT2D eigenvalue weighted by molar-refractivity contribution is -0.117. The zero-order chi connectivity index (χ0) is 17.6. The fourth-order valence-corrected chi connectivity index (χ4v) is 3.40. The molecule has 1 aliphatic rings. The molecule has 1 aliphatic heterocycles.